The lowest BCUT2D eigenvalue weighted by molar-refractivity contribution is -0.137. The van der Waals surface area contributed by atoms with Crippen LogP contribution in [0.1, 0.15) is 11.1 Å². The number of halogens is 3. The van der Waals surface area contributed by atoms with Crippen LogP contribution in [0.2, 0.25) is 0 Å². The molecule has 0 aliphatic heterocycles. The Kier molecular flexibility index (Phi) is 2.88. The number of nitrogen functional groups attached to an aromatic ring is 1. The molecule has 1 aromatic rings. The van der Waals surface area contributed by atoms with Crippen molar-refractivity contribution in [3.63, 3.8) is 0 Å². The molecule has 6 heteroatoms. The van der Waals surface area contributed by atoms with Gasteiger partial charge in [0.25, 0.3) is 0 Å². The van der Waals surface area contributed by atoms with E-state index in [1.54, 1.807) is 0 Å². The molecule has 3 N–H and O–H groups in total. The number of nitrogens with two attached hydrogens (primary N) is 1. The monoisotopic (exact) mass is 219 g/mol. The topological polar surface area (TPSA) is 63.3 Å². The second-order valence-electron chi connectivity index (χ2n) is 2.98. The van der Waals surface area contributed by atoms with Crippen molar-refractivity contribution in [3.05, 3.63) is 29.3 Å². The van der Waals surface area contributed by atoms with Crippen molar-refractivity contribution in [2.75, 3.05) is 5.73 Å². The molecule has 0 spiro atoms. The maximum atomic E-state index is 12.2. The molecule has 0 radical (unpaired) electrons. The Bertz CT molecular complexity index is 387. The van der Waals surface area contributed by atoms with Crippen molar-refractivity contribution in [1.29, 1.82) is 0 Å². The van der Waals surface area contributed by atoms with Crippen LogP contribution in [0, 0.1) is 0 Å². The first-order valence-electron chi connectivity index (χ1n) is 3.98. The number of hydrogen-bond donors (Lipinski definition) is 2. The molecule has 0 fully saturated rings. The standard InChI is InChI=1S/C9H8F3NO2/c10-9(11,12)6-2-1-5(3-8(14)15)7(13)4-6/h1-2,4H,3,13H2,(H,14,15). The fourth-order valence-corrected chi connectivity index (χ4v) is 1.10. The molecule has 0 saturated carbocycles. The Morgan fingerprint density at radius 1 is 1.40 bits per heavy atom. The highest BCUT2D eigenvalue weighted by molar-refractivity contribution is 5.73. The Labute approximate surface area is 83.3 Å². The van der Waals surface area contributed by atoms with Crippen LogP contribution in [0.4, 0.5) is 18.9 Å². The molecule has 0 aromatic heterocycles. The summed E-state index contributed by atoms with van der Waals surface area (Å²) in [5.41, 5.74) is 4.44. The third-order valence-electron chi connectivity index (χ3n) is 1.81. The van der Waals surface area contributed by atoms with Gasteiger partial charge in [-0.3, -0.25) is 4.79 Å². The Hall–Kier alpha value is -1.72. The van der Waals surface area contributed by atoms with Gasteiger partial charge >= 0.3 is 12.1 Å². The third-order valence-corrected chi connectivity index (χ3v) is 1.81. The molecule has 3 nitrogen and oxygen atoms in total. The molecule has 82 valence electrons. The van der Waals surface area contributed by atoms with Crippen LogP contribution in [-0.2, 0) is 17.4 Å². The van der Waals surface area contributed by atoms with E-state index in [1.807, 2.05) is 0 Å². The zero-order chi connectivity index (χ0) is 11.6. The lowest BCUT2D eigenvalue weighted by atomic mass is 10.1. The summed E-state index contributed by atoms with van der Waals surface area (Å²) in [6.07, 6.45) is -4.85. The first kappa shape index (κ1) is 11.4. The van der Waals surface area contributed by atoms with Gasteiger partial charge in [0, 0.05) is 5.69 Å². The normalized spacial score (nSPS) is 11.4. The van der Waals surface area contributed by atoms with Gasteiger partial charge in [-0.1, -0.05) is 6.07 Å². The van der Waals surface area contributed by atoms with Gasteiger partial charge in [0.1, 0.15) is 0 Å². The summed E-state index contributed by atoms with van der Waals surface area (Å²) in [5.74, 6) is -1.14. The number of carboxylic acids is 1. The van der Waals surface area contributed by atoms with Gasteiger partial charge in [0.05, 0.1) is 12.0 Å². The van der Waals surface area contributed by atoms with E-state index in [0.717, 1.165) is 18.2 Å². The maximum Gasteiger partial charge on any atom is 0.416 e. The summed E-state index contributed by atoms with van der Waals surface area (Å²) in [4.78, 5) is 10.3. The molecule has 0 heterocycles. The van der Waals surface area contributed by atoms with Crippen LogP contribution in [0.3, 0.4) is 0 Å². The molecule has 0 amide bonds. The summed E-state index contributed by atoms with van der Waals surface area (Å²) in [6.45, 7) is 0. The number of aliphatic carboxylic acids is 1. The lowest BCUT2D eigenvalue weighted by Gasteiger charge is -2.09. The summed E-state index contributed by atoms with van der Waals surface area (Å²) < 4.78 is 36.6. The Balaban J connectivity index is 3.03. The average Bonchev–Trinajstić information content (AvgIpc) is 2.05. The van der Waals surface area contributed by atoms with Gasteiger partial charge in [-0.05, 0) is 17.7 Å². The highest BCUT2D eigenvalue weighted by Gasteiger charge is 2.30. The van der Waals surface area contributed by atoms with Crippen molar-refractivity contribution in [2.45, 2.75) is 12.6 Å². The van der Waals surface area contributed by atoms with Gasteiger partial charge in [-0.2, -0.15) is 13.2 Å². The van der Waals surface area contributed by atoms with E-state index in [-0.39, 0.29) is 17.7 Å². The molecule has 0 saturated heterocycles. The largest absolute Gasteiger partial charge is 0.481 e. The molecule has 0 aliphatic carbocycles. The number of carboxylic acid groups (broad SMARTS) is 1. The number of rotatable bonds is 2. The fraction of sp³-hybridized carbons (Fsp3) is 0.222. The number of alkyl halides is 3. The van der Waals surface area contributed by atoms with E-state index in [2.05, 4.69) is 0 Å². The molecule has 0 atom stereocenters. The van der Waals surface area contributed by atoms with Crippen LogP contribution in [0.25, 0.3) is 0 Å². The molecule has 0 bridgehead atoms. The van der Waals surface area contributed by atoms with Crippen LogP contribution in [0.5, 0.6) is 0 Å². The lowest BCUT2D eigenvalue weighted by Crippen LogP contribution is -2.08. The van der Waals surface area contributed by atoms with E-state index in [9.17, 15) is 18.0 Å². The zero-order valence-corrected chi connectivity index (χ0v) is 7.51. The van der Waals surface area contributed by atoms with E-state index >= 15 is 0 Å². The predicted molar refractivity (Wildman–Crippen MR) is 47.2 cm³/mol. The molecule has 1 rings (SSSR count). The van der Waals surface area contributed by atoms with Crippen molar-refractivity contribution in [2.24, 2.45) is 0 Å². The van der Waals surface area contributed by atoms with Gasteiger partial charge in [-0.15, -0.1) is 0 Å². The van der Waals surface area contributed by atoms with Crippen LogP contribution < -0.4 is 5.73 Å². The molecule has 15 heavy (non-hydrogen) atoms. The second-order valence-corrected chi connectivity index (χ2v) is 2.98. The molecular formula is C9H8F3NO2. The minimum atomic E-state index is -4.46. The number of carbonyl (C=O) groups is 1. The number of benzene rings is 1. The van der Waals surface area contributed by atoms with Crippen LogP contribution in [0.15, 0.2) is 18.2 Å². The summed E-state index contributed by atoms with van der Waals surface area (Å²) in [6, 6.07) is 2.62. The third kappa shape index (κ3) is 2.87. The first-order valence-corrected chi connectivity index (χ1v) is 3.98. The summed E-state index contributed by atoms with van der Waals surface area (Å²) in [5, 5.41) is 8.44. The molecule has 1 aromatic carbocycles. The second kappa shape index (κ2) is 3.80. The Morgan fingerprint density at radius 3 is 2.40 bits per heavy atom. The van der Waals surface area contributed by atoms with Crippen molar-refractivity contribution < 1.29 is 23.1 Å². The minimum absolute atomic E-state index is 0.160. The molecule has 0 aliphatic rings. The van der Waals surface area contributed by atoms with E-state index < -0.39 is 17.7 Å². The smallest absolute Gasteiger partial charge is 0.416 e. The first-order chi connectivity index (χ1) is 6.80. The highest BCUT2D eigenvalue weighted by atomic mass is 19.4. The molecule has 0 unspecified atom stereocenters. The van der Waals surface area contributed by atoms with Crippen molar-refractivity contribution in [1.82, 2.24) is 0 Å². The molecular weight excluding hydrogens is 211 g/mol. The SMILES string of the molecule is Nc1cc(C(F)(F)F)ccc1CC(=O)O. The van der Waals surface area contributed by atoms with Crippen LogP contribution >= 0.6 is 0 Å². The van der Waals surface area contributed by atoms with Gasteiger partial charge in [-0.25, -0.2) is 0 Å². The van der Waals surface area contributed by atoms with Gasteiger partial charge in [0.2, 0.25) is 0 Å². The zero-order valence-electron chi connectivity index (χ0n) is 7.51. The van der Waals surface area contributed by atoms with Gasteiger partial charge < -0.3 is 10.8 Å². The van der Waals surface area contributed by atoms with E-state index in [0.29, 0.717) is 0 Å². The number of hydrogen-bond acceptors (Lipinski definition) is 2. The summed E-state index contributed by atoms with van der Waals surface area (Å²) in [7, 11) is 0. The van der Waals surface area contributed by atoms with Crippen molar-refractivity contribution >= 4 is 11.7 Å². The maximum absolute atomic E-state index is 12.2. The number of anilines is 1. The van der Waals surface area contributed by atoms with Crippen LogP contribution in [-0.4, -0.2) is 11.1 Å². The predicted octanol–water partition coefficient (Wildman–Crippen LogP) is 1.91. The van der Waals surface area contributed by atoms with E-state index in [4.69, 9.17) is 10.8 Å². The highest BCUT2D eigenvalue weighted by Crippen LogP contribution is 2.31. The van der Waals surface area contributed by atoms with Gasteiger partial charge in [0.15, 0.2) is 0 Å². The quantitative estimate of drug-likeness (QED) is 0.747. The fourth-order valence-electron chi connectivity index (χ4n) is 1.10. The Morgan fingerprint density at radius 2 is 2.00 bits per heavy atom. The van der Waals surface area contributed by atoms with Crippen molar-refractivity contribution in [3.8, 4) is 0 Å². The minimum Gasteiger partial charge on any atom is -0.481 e. The van der Waals surface area contributed by atoms with E-state index in [1.165, 1.54) is 0 Å². The summed E-state index contributed by atoms with van der Waals surface area (Å²) >= 11 is 0. The average molecular weight is 219 g/mol.